The van der Waals surface area contributed by atoms with Crippen LogP contribution in [0.3, 0.4) is 0 Å². The average Bonchev–Trinajstić information content (AvgIpc) is 3.06. The number of amides is 1. The van der Waals surface area contributed by atoms with Crippen molar-refractivity contribution in [3.05, 3.63) is 76.3 Å². The highest BCUT2D eigenvalue weighted by Gasteiger charge is 2.14. The molecule has 0 bridgehead atoms. The van der Waals surface area contributed by atoms with Crippen LogP contribution in [-0.4, -0.2) is 16.0 Å². The SMILES string of the molecule is Cc1ccc2oc(-c3cc(NC(=O)c4ccc(Br)cc4)ccc3O)nc2c1. The van der Waals surface area contributed by atoms with Crippen LogP contribution in [0.15, 0.2) is 69.6 Å². The number of anilines is 1. The van der Waals surface area contributed by atoms with Gasteiger partial charge in [-0.05, 0) is 67.1 Å². The molecule has 1 amide bonds. The minimum atomic E-state index is -0.243. The largest absolute Gasteiger partial charge is 0.507 e. The van der Waals surface area contributed by atoms with Crippen LogP contribution in [0.1, 0.15) is 15.9 Å². The lowest BCUT2D eigenvalue weighted by Gasteiger charge is -2.08. The van der Waals surface area contributed by atoms with E-state index in [0.717, 1.165) is 10.0 Å². The number of aromatic hydroxyl groups is 1. The summed E-state index contributed by atoms with van der Waals surface area (Å²) in [6.45, 7) is 1.98. The summed E-state index contributed by atoms with van der Waals surface area (Å²) in [6.07, 6.45) is 0. The van der Waals surface area contributed by atoms with Gasteiger partial charge in [-0.1, -0.05) is 22.0 Å². The molecule has 0 fully saturated rings. The van der Waals surface area contributed by atoms with Gasteiger partial charge >= 0.3 is 0 Å². The fourth-order valence-corrected chi connectivity index (χ4v) is 3.01. The third-order valence-corrected chi connectivity index (χ3v) is 4.66. The van der Waals surface area contributed by atoms with Crippen molar-refractivity contribution in [2.24, 2.45) is 0 Å². The lowest BCUT2D eigenvalue weighted by molar-refractivity contribution is 0.102. The Morgan fingerprint density at radius 2 is 1.85 bits per heavy atom. The monoisotopic (exact) mass is 422 g/mol. The first-order chi connectivity index (χ1) is 13.0. The Kier molecular flexibility index (Phi) is 4.41. The Labute approximate surface area is 163 Å². The van der Waals surface area contributed by atoms with Crippen molar-refractivity contribution in [1.82, 2.24) is 4.98 Å². The van der Waals surface area contributed by atoms with Gasteiger partial charge < -0.3 is 14.8 Å². The van der Waals surface area contributed by atoms with Gasteiger partial charge in [0.1, 0.15) is 11.3 Å². The van der Waals surface area contributed by atoms with E-state index in [1.54, 1.807) is 36.4 Å². The van der Waals surface area contributed by atoms with Crippen LogP contribution < -0.4 is 5.32 Å². The first-order valence-electron chi connectivity index (χ1n) is 8.27. The molecule has 0 spiro atoms. The number of phenolic OH excluding ortho intramolecular Hbond substituents is 1. The highest BCUT2D eigenvalue weighted by molar-refractivity contribution is 9.10. The van der Waals surface area contributed by atoms with Gasteiger partial charge in [0.15, 0.2) is 5.58 Å². The van der Waals surface area contributed by atoms with Gasteiger partial charge in [-0.2, -0.15) is 0 Å². The number of nitrogens with zero attached hydrogens (tertiary/aromatic N) is 1. The third-order valence-electron chi connectivity index (χ3n) is 4.13. The van der Waals surface area contributed by atoms with E-state index in [9.17, 15) is 9.90 Å². The second kappa shape index (κ2) is 6.89. The van der Waals surface area contributed by atoms with Crippen LogP contribution in [0.4, 0.5) is 5.69 Å². The summed E-state index contributed by atoms with van der Waals surface area (Å²) < 4.78 is 6.66. The zero-order valence-electron chi connectivity index (χ0n) is 14.4. The minimum absolute atomic E-state index is 0.0277. The van der Waals surface area contributed by atoms with Crippen LogP contribution >= 0.6 is 15.9 Å². The lowest BCUT2D eigenvalue weighted by Crippen LogP contribution is -2.11. The number of carbonyl (C=O) groups excluding carboxylic acids is 1. The smallest absolute Gasteiger partial charge is 0.255 e. The van der Waals surface area contributed by atoms with Gasteiger partial charge in [0.05, 0.1) is 5.56 Å². The maximum Gasteiger partial charge on any atom is 0.255 e. The number of hydrogen-bond donors (Lipinski definition) is 2. The van der Waals surface area contributed by atoms with E-state index in [1.807, 2.05) is 25.1 Å². The first kappa shape index (κ1) is 17.3. The van der Waals surface area contributed by atoms with Crippen molar-refractivity contribution in [3.8, 4) is 17.2 Å². The molecule has 27 heavy (non-hydrogen) atoms. The average molecular weight is 423 g/mol. The molecular formula is C21H15BrN2O3. The number of fused-ring (bicyclic) bond motifs is 1. The number of rotatable bonds is 3. The van der Waals surface area contributed by atoms with Crippen LogP contribution in [-0.2, 0) is 0 Å². The van der Waals surface area contributed by atoms with Crippen molar-refractivity contribution < 1.29 is 14.3 Å². The van der Waals surface area contributed by atoms with E-state index in [0.29, 0.717) is 33.8 Å². The summed E-state index contributed by atoms with van der Waals surface area (Å²) in [7, 11) is 0. The molecule has 0 saturated heterocycles. The summed E-state index contributed by atoms with van der Waals surface area (Å²) in [4.78, 5) is 16.9. The molecule has 1 aromatic heterocycles. The molecule has 3 aromatic carbocycles. The summed E-state index contributed by atoms with van der Waals surface area (Å²) >= 11 is 3.35. The maximum atomic E-state index is 12.4. The Morgan fingerprint density at radius 3 is 2.63 bits per heavy atom. The molecule has 1 heterocycles. The molecule has 134 valence electrons. The molecule has 0 aliphatic carbocycles. The van der Waals surface area contributed by atoms with Gasteiger partial charge in [0.25, 0.3) is 5.91 Å². The lowest BCUT2D eigenvalue weighted by atomic mass is 10.1. The molecule has 2 N–H and O–H groups in total. The predicted molar refractivity (Wildman–Crippen MR) is 108 cm³/mol. The first-order valence-corrected chi connectivity index (χ1v) is 9.06. The fraction of sp³-hybridized carbons (Fsp3) is 0.0476. The normalized spacial score (nSPS) is 10.9. The minimum Gasteiger partial charge on any atom is -0.507 e. The molecule has 6 heteroatoms. The van der Waals surface area contributed by atoms with Crippen molar-refractivity contribution in [1.29, 1.82) is 0 Å². The van der Waals surface area contributed by atoms with Crippen LogP contribution in [0, 0.1) is 6.92 Å². The Hall–Kier alpha value is -3.12. The van der Waals surface area contributed by atoms with Gasteiger partial charge in [0, 0.05) is 15.7 Å². The molecule has 0 unspecified atom stereocenters. The summed E-state index contributed by atoms with van der Waals surface area (Å²) in [5.74, 6) is 0.0834. The van der Waals surface area contributed by atoms with E-state index in [4.69, 9.17) is 4.42 Å². The van der Waals surface area contributed by atoms with Gasteiger partial charge in [-0.3, -0.25) is 4.79 Å². The molecule has 4 aromatic rings. The molecule has 0 atom stereocenters. The van der Waals surface area contributed by atoms with Crippen LogP contribution in [0.5, 0.6) is 5.75 Å². The molecule has 5 nitrogen and oxygen atoms in total. The maximum absolute atomic E-state index is 12.4. The quantitative estimate of drug-likeness (QED) is 0.426. The Balaban J connectivity index is 1.66. The number of halogens is 1. The van der Waals surface area contributed by atoms with Gasteiger partial charge in [-0.15, -0.1) is 0 Å². The summed E-state index contributed by atoms with van der Waals surface area (Å²) in [5, 5.41) is 13.1. The number of aryl methyl sites for hydroxylation is 1. The summed E-state index contributed by atoms with van der Waals surface area (Å²) in [5.41, 5.74) is 3.91. The fourth-order valence-electron chi connectivity index (χ4n) is 2.74. The van der Waals surface area contributed by atoms with E-state index in [1.165, 1.54) is 6.07 Å². The molecule has 0 radical (unpaired) electrons. The van der Waals surface area contributed by atoms with Gasteiger partial charge in [-0.25, -0.2) is 4.98 Å². The standard InChI is InChI=1S/C21H15BrN2O3/c1-12-2-9-19-17(10-12)24-21(27-19)16-11-15(7-8-18(16)25)23-20(26)13-3-5-14(22)6-4-13/h2-11,25H,1H3,(H,23,26). The zero-order valence-corrected chi connectivity index (χ0v) is 15.9. The highest BCUT2D eigenvalue weighted by atomic mass is 79.9. The molecule has 0 saturated carbocycles. The number of oxazole rings is 1. The second-order valence-corrected chi connectivity index (χ2v) is 7.10. The zero-order chi connectivity index (χ0) is 19.0. The number of nitrogens with one attached hydrogen (secondary N) is 1. The number of phenols is 1. The van der Waals surface area contributed by atoms with E-state index in [-0.39, 0.29) is 11.7 Å². The van der Waals surface area contributed by atoms with E-state index < -0.39 is 0 Å². The van der Waals surface area contributed by atoms with E-state index >= 15 is 0 Å². The number of benzene rings is 3. The van der Waals surface area contributed by atoms with E-state index in [2.05, 4.69) is 26.2 Å². The molecule has 4 rings (SSSR count). The van der Waals surface area contributed by atoms with Crippen molar-refractivity contribution in [2.75, 3.05) is 5.32 Å². The molecule has 0 aliphatic rings. The Bertz CT molecular complexity index is 1150. The topological polar surface area (TPSA) is 75.4 Å². The molecular weight excluding hydrogens is 408 g/mol. The summed E-state index contributed by atoms with van der Waals surface area (Å²) in [6, 6.07) is 17.5. The van der Waals surface area contributed by atoms with Gasteiger partial charge in [0.2, 0.25) is 5.89 Å². The third kappa shape index (κ3) is 3.57. The predicted octanol–water partition coefficient (Wildman–Crippen LogP) is 5.52. The highest BCUT2D eigenvalue weighted by Crippen LogP contribution is 2.33. The number of aromatic nitrogens is 1. The number of hydrogen-bond acceptors (Lipinski definition) is 4. The van der Waals surface area contributed by atoms with Crippen molar-refractivity contribution in [2.45, 2.75) is 6.92 Å². The Morgan fingerprint density at radius 1 is 1.07 bits per heavy atom. The second-order valence-electron chi connectivity index (χ2n) is 6.18. The van der Waals surface area contributed by atoms with Crippen molar-refractivity contribution >= 4 is 38.6 Å². The van der Waals surface area contributed by atoms with Crippen LogP contribution in [0.25, 0.3) is 22.6 Å². The van der Waals surface area contributed by atoms with Crippen molar-refractivity contribution in [3.63, 3.8) is 0 Å². The molecule has 0 aliphatic heterocycles. The van der Waals surface area contributed by atoms with Crippen LogP contribution in [0.2, 0.25) is 0 Å². The number of carbonyl (C=O) groups is 1.